The molecule has 0 saturated heterocycles. The van der Waals surface area contributed by atoms with E-state index < -0.39 is 0 Å². The molecule has 0 amide bonds. The third-order valence-electron chi connectivity index (χ3n) is 4.80. The van der Waals surface area contributed by atoms with Gasteiger partial charge in [0.2, 0.25) is 0 Å². The molecule has 120 valence electrons. The lowest BCUT2D eigenvalue weighted by atomic mass is 9.95. The summed E-state index contributed by atoms with van der Waals surface area (Å²) in [7, 11) is 0. The van der Waals surface area contributed by atoms with E-state index in [0.29, 0.717) is 16.9 Å². The van der Waals surface area contributed by atoms with E-state index in [4.69, 9.17) is 10.7 Å². The minimum absolute atomic E-state index is 0.511. The summed E-state index contributed by atoms with van der Waals surface area (Å²) < 4.78 is 0. The van der Waals surface area contributed by atoms with Crippen LogP contribution in [0.25, 0.3) is 21.5 Å². The van der Waals surface area contributed by atoms with Crippen molar-refractivity contribution in [3.63, 3.8) is 0 Å². The summed E-state index contributed by atoms with van der Waals surface area (Å²) in [6, 6.07) is 12.2. The van der Waals surface area contributed by atoms with Gasteiger partial charge in [0.15, 0.2) is 0 Å². The van der Waals surface area contributed by atoms with E-state index in [0.717, 1.165) is 28.6 Å². The van der Waals surface area contributed by atoms with E-state index >= 15 is 0 Å². The fourth-order valence-corrected chi connectivity index (χ4v) is 4.87. The number of anilines is 1. The first-order valence-electron chi connectivity index (χ1n) is 8.49. The van der Waals surface area contributed by atoms with Gasteiger partial charge >= 0.3 is 0 Å². The number of aryl methyl sites for hydroxylation is 2. The van der Waals surface area contributed by atoms with Crippen LogP contribution in [-0.2, 0) is 12.8 Å². The molecule has 3 nitrogen and oxygen atoms in total. The first-order valence-corrected chi connectivity index (χ1v) is 9.30. The summed E-state index contributed by atoms with van der Waals surface area (Å²) in [5.41, 5.74) is 10.6. The lowest BCUT2D eigenvalue weighted by Crippen LogP contribution is -2.01. The van der Waals surface area contributed by atoms with Gasteiger partial charge in [-0.2, -0.15) is 5.26 Å². The van der Waals surface area contributed by atoms with Gasteiger partial charge in [-0.3, -0.25) is 0 Å². The number of benzene rings is 1. The van der Waals surface area contributed by atoms with Crippen LogP contribution in [0.4, 0.5) is 5.69 Å². The average Bonchev–Trinajstić information content (AvgIpc) is 2.92. The summed E-state index contributed by atoms with van der Waals surface area (Å²) in [4.78, 5) is 7.26. The zero-order chi connectivity index (χ0) is 16.5. The Kier molecular flexibility index (Phi) is 3.95. The van der Waals surface area contributed by atoms with Crippen molar-refractivity contribution in [2.24, 2.45) is 0 Å². The topological polar surface area (TPSA) is 62.7 Å². The molecule has 0 spiro atoms. The molecule has 3 aromatic rings. The second-order valence-corrected chi connectivity index (χ2v) is 7.41. The van der Waals surface area contributed by atoms with Crippen LogP contribution in [-0.4, -0.2) is 4.98 Å². The maximum atomic E-state index is 9.70. The fourth-order valence-electron chi connectivity index (χ4n) is 3.59. The first kappa shape index (κ1) is 15.2. The number of thiophene rings is 1. The number of fused-ring (bicyclic) bond motifs is 3. The molecule has 2 heterocycles. The standard InChI is InChI=1S/C20H19N3S/c21-12-15-18(22)17-14-10-6-1-2-7-11-16(14)24-20(17)23-19(15)13-8-4-3-5-9-13/h3-5,8-9H,1-2,6-7,10-11H2,(H2,22,23). The molecule has 24 heavy (non-hydrogen) atoms. The van der Waals surface area contributed by atoms with Crippen LogP contribution >= 0.6 is 11.3 Å². The number of nitrogens with two attached hydrogens (primary N) is 1. The van der Waals surface area contributed by atoms with E-state index in [-0.39, 0.29) is 0 Å². The Labute approximate surface area is 145 Å². The first-order chi connectivity index (χ1) is 11.8. The van der Waals surface area contributed by atoms with Gasteiger partial charge < -0.3 is 5.73 Å². The highest BCUT2D eigenvalue weighted by Gasteiger charge is 2.21. The predicted octanol–water partition coefficient (Wildman–Crippen LogP) is 5.08. The van der Waals surface area contributed by atoms with Gasteiger partial charge in [-0.25, -0.2) is 4.98 Å². The van der Waals surface area contributed by atoms with E-state index in [1.54, 1.807) is 11.3 Å². The molecule has 4 heteroatoms. The maximum absolute atomic E-state index is 9.70. The van der Waals surface area contributed by atoms with Crippen molar-refractivity contribution >= 4 is 27.2 Å². The molecule has 2 N–H and O–H groups in total. The number of rotatable bonds is 1. The molecule has 1 aromatic carbocycles. The zero-order valence-corrected chi connectivity index (χ0v) is 14.3. The van der Waals surface area contributed by atoms with E-state index in [1.807, 2.05) is 30.3 Å². The van der Waals surface area contributed by atoms with Gasteiger partial charge in [0.05, 0.1) is 11.4 Å². The van der Waals surface area contributed by atoms with Crippen molar-refractivity contribution in [3.05, 3.63) is 46.3 Å². The van der Waals surface area contributed by atoms with Crippen LogP contribution in [0.3, 0.4) is 0 Å². The molecular formula is C20H19N3S. The van der Waals surface area contributed by atoms with E-state index in [1.165, 1.54) is 36.1 Å². The van der Waals surface area contributed by atoms with Crippen LogP contribution in [0.5, 0.6) is 0 Å². The molecule has 1 aliphatic carbocycles. The van der Waals surface area contributed by atoms with Crippen molar-refractivity contribution in [2.75, 3.05) is 5.73 Å². The molecule has 1 aliphatic rings. The van der Waals surface area contributed by atoms with Crippen LogP contribution in [0.15, 0.2) is 30.3 Å². The minimum Gasteiger partial charge on any atom is -0.397 e. The summed E-state index contributed by atoms with van der Waals surface area (Å²) in [5.74, 6) is 0. The molecule has 0 radical (unpaired) electrons. The number of hydrogen-bond acceptors (Lipinski definition) is 4. The quantitative estimate of drug-likeness (QED) is 0.675. The summed E-state index contributed by atoms with van der Waals surface area (Å²) in [6.45, 7) is 0. The van der Waals surface area contributed by atoms with E-state index in [9.17, 15) is 5.26 Å². The number of pyridine rings is 1. The van der Waals surface area contributed by atoms with E-state index in [2.05, 4.69) is 6.07 Å². The van der Waals surface area contributed by atoms with Crippen LogP contribution in [0, 0.1) is 11.3 Å². The number of hydrogen-bond donors (Lipinski definition) is 1. The summed E-state index contributed by atoms with van der Waals surface area (Å²) >= 11 is 1.76. The minimum atomic E-state index is 0.511. The normalized spacial score (nSPS) is 14.6. The zero-order valence-electron chi connectivity index (χ0n) is 13.5. The third kappa shape index (κ3) is 2.46. The Bertz CT molecular complexity index is 935. The van der Waals surface area contributed by atoms with Crippen LogP contribution < -0.4 is 5.73 Å². The second kappa shape index (κ2) is 6.26. The van der Waals surface area contributed by atoms with Crippen molar-refractivity contribution in [2.45, 2.75) is 38.5 Å². The Morgan fingerprint density at radius 1 is 1.04 bits per heavy atom. The molecule has 4 rings (SSSR count). The largest absolute Gasteiger partial charge is 0.397 e. The van der Waals surface area contributed by atoms with Crippen molar-refractivity contribution in [3.8, 4) is 17.3 Å². The molecule has 0 bridgehead atoms. The van der Waals surface area contributed by atoms with Gasteiger partial charge in [0.25, 0.3) is 0 Å². The maximum Gasteiger partial charge on any atom is 0.126 e. The number of nitrogens with zero attached hydrogens (tertiary/aromatic N) is 2. The Morgan fingerprint density at radius 3 is 2.54 bits per heavy atom. The lowest BCUT2D eigenvalue weighted by molar-refractivity contribution is 0.624. The van der Waals surface area contributed by atoms with Crippen LogP contribution in [0.1, 0.15) is 41.7 Å². The molecular weight excluding hydrogens is 314 g/mol. The molecule has 0 saturated carbocycles. The number of nitrogen functional groups attached to an aromatic ring is 1. The molecule has 2 aromatic heterocycles. The highest BCUT2D eigenvalue weighted by molar-refractivity contribution is 7.19. The van der Waals surface area contributed by atoms with Gasteiger partial charge in [0.1, 0.15) is 16.5 Å². The van der Waals surface area contributed by atoms with Gasteiger partial charge in [-0.1, -0.05) is 43.2 Å². The van der Waals surface area contributed by atoms with Gasteiger partial charge in [-0.05, 0) is 31.2 Å². The third-order valence-corrected chi connectivity index (χ3v) is 5.99. The molecule has 0 aliphatic heterocycles. The molecule has 0 fully saturated rings. The van der Waals surface area contributed by atoms with Crippen LogP contribution in [0.2, 0.25) is 0 Å². The lowest BCUT2D eigenvalue weighted by Gasteiger charge is -2.11. The van der Waals surface area contributed by atoms with Crippen molar-refractivity contribution < 1.29 is 0 Å². The predicted molar refractivity (Wildman–Crippen MR) is 100 cm³/mol. The smallest absolute Gasteiger partial charge is 0.126 e. The highest BCUT2D eigenvalue weighted by atomic mass is 32.1. The van der Waals surface area contributed by atoms with Gasteiger partial charge in [-0.15, -0.1) is 11.3 Å². The SMILES string of the molecule is N#Cc1c(-c2ccccc2)nc2sc3c(c2c1N)CCCCCC3. The Hall–Kier alpha value is -2.38. The van der Waals surface area contributed by atoms with Crippen molar-refractivity contribution in [1.29, 1.82) is 5.26 Å². The number of aromatic nitrogens is 1. The summed E-state index contributed by atoms with van der Waals surface area (Å²) in [5, 5.41) is 10.7. The second-order valence-electron chi connectivity index (χ2n) is 6.33. The fraction of sp³-hybridized carbons (Fsp3) is 0.300. The molecule has 0 unspecified atom stereocenters. The molecule has 0 atom stereocenters. The monoisotopic (exact) mass is 333 g/mol. The Morgan fingerprint density at radius 2 is 1.79 bits per heavy atom. The summed E-state index contributed by atoms with van der Waals surface area (Å²) in [6.07, 6.45) is 7.17. The van der Waals surface area contributed by atoms with Crippen molar-refractivity contribution in [1.82, 2.24) is 4.98 Å². The van der Waals surface area contributed by atoms with Gasteiger partial charge in [0, 0.05) is 15.8 Å². The Balaban J connectivity index is 1.99. The highest BCUT2D eigenvalue weighted by Crippen LogP contribution is 2.41. The number of nitriles is 1. The average molecular weight is 333 g/mol.